The molecule has 1 heterocycles. The minimum Gasteiger partial charge on any atom is -0.497 e. The number of thiophene rings is 1. The molecule has 3 aromatic rings. The number of rotatable bonds is 4. The number of anilines is 1. The lowest BCUT2D eigenvalue weighted by Crippen LogP contribution is -2.11. The van der Waals surface area contributed by atoms with Gasteiger partial charge in [-0.1, -0.05) is 11.6 Å². The summed E-state index contributed by atoms with van der Waals surface area (Å²) in [5.41, 5.74) is 0.346. The van der Waals surface area contributed by atoms with Crippen LogP contribution in [0.2, 0.25) is 5.02 Å². The minimum atomic E-state index is -0.507. The smallest absolute Gasteiger partial charge is 0.270 e. The first-order valence-corrected chi connectivity index (χ1v) is 8.90. The lowest BCUT2D eigenvalue weighted by Gasteiger charge is -2.06. The Morgan fingerprint density at radius 1 is 1.32 bits per heavy atom. The number of benzene rings is 2. The number of ether oxygens (including phenoxy) is 1. The van der Waals surface area contributed by atoms with E-state index in [1.54, 1.807) is 19.2 Å². The van der Waals surface area contributed by atoms with Gasteiger partial charge in [-0.05, 0) is 40.2 Å². The predicted molar refractivity (Wildman–Crippen MR) is 102 cm³/mol. The molecule has 0 unspecified atom stereocenters. The molecule has 25 heavy (non-hydrogen) atoms. The largest absolute Gasteiger partial charge is 0.497 e. The summed E-state index contributed by atoms with van der Waals surface area (Å²) in [4.78, 5) is 23.2. The van der Waals surface area contributed by atoms with Gasteiger partial charge in [-0.3, -0.25) is 14.9 Å². The van der Waals surface area contributed by atoms with E-state index in [1.165, 1.54) is 29.5 Å². The highest BCUT2D eigenvalue weighted by atomic mass is 79.9. The van der Waals surface area contributed by atoms with Crippen LogP contribution in [-0.4, -0.2) is 17.9 Å². The van der Waals surface area contributed by atoms with Crippen molar-refractivity contribution in [1.29, 1.82) is 0 Å². The summed E-state index contributed by atoms with van der Waals surface area (Å²) in [6, 6.07) is 9.51. The van der Waals surface area contributed by atoms with E-state index in [0.717, 1.165) is 10.1 Å². The first kappa shape index (κ1) is 17.7. The molecule has 1 amide bonds. The zero-order chi connectivity index (χ0) is 18.1. The number of carbonyl (C=O) groups is 1. The van der Waals surface area contributed by atoms with Crippen molar-refractivity contribution in [3.05, 3.63) is 60.9 Å². The third-order valence-electron chi connectivity index (χ3n) is 3.45. The Balaban J connectivity index is 1.92. The van der Waals surface area contributed by atoms with Crippen molar-refractivity contribution in [3.63, 3.8) is 0 Å². The highest BCUT2D eigenvalue weighted by molar-refractivity contribution is 9.10. The van der Waals surface area contributed by atoms with E-state index in [9.17, 15) is 14.9 Å². The van der Waals surface area contributed by atoms with Crippen LogP contribution in [0, 0.1) is 10.1 Å². The number of hydrogen-bond donors (Lipinski definition) is 1. The number of nitro benzene ring substituents is 1. The van der Waals surface area contributed by atoms with Crippen LogP contribution in [0.1, 0.15) is 9.67 Å². The van der Waals surface area contributed by atoms with Gasteiger partial charge in [-0.25, -0.2) is 0 Å². The molecule has 0 aliphatic heterocycles. The van der Waals surface area contributed by atoms with Crippen molar-refractivity contribution in [2.75, 3.05) is 12.4 Å². The van der Waals surface area contributed by atoms with E-state index in [0.29, 0.717) is 25.8 Å². The van der Waals surface area contributed by atoms with Crippen LogP contribution in [0.15, 0.2) is 40.9 Å². The van der Waals surface area contributed by atoms with Crippen molar-refractivity contribution >= 4 is 66.2 Å². The maximum absolute atomic E-state index is 12.6. The van der Waals surface area contributed by atoms with Gasteiger partial charge in [0.2, 0.25) is 0 Å². The van der Waals surface area contributed by atoms with E-state index in [2.05, 4.69) is 21.2 Å². The second kappa shape index (κ2) is 6.99. The van der Waals surface area contributed by atoms with Gasteiger partial charge in [0.15, 0.2) is 0 Å². The topological polar surface area (TPSA) is 81.5 Å². The Morgan fingerprint density at radius 2 is 2.08 bits per heavy atom. The van der Waals surface area contributed by atoms with Crippen LogP contribution in [0.5, 0.6) is 5.75 Å². The molecule has 0 aliphatic carbocycles. The van der Waals surface area contributed by atoms with Crippen LogP contribution in [0.4, 0.5) is 11.4 Å². The number of halogens is 2. The second-order valence-corrected chi connectivity index (χ2v) is 7.27. The van der Waals surface area contributed by atoms with E-state index >= 15 is 0 Å². The summed E-state index contributed by atoms with van der Waals surface area (Å²) in [5, 5.41) is 14.6. The van der Waals surface area contributed by atoms with Crippen molar-refractivity contribution < 1.29 is 14.5 Å². The molecular weight excluding hydrogens is 432 g/mol. The zero-order valence-electron chi connectivity index (χ0n) is 12.7. The third kappa shape index (κ3) is 3.46. The van der Waals surface area contributed by atoms with Gasteiger partial charge in [0, 0.05) is 26.7 Å². The molecule has 0 bridgehead atoms. The SMILES string of the molecule is COc1ccc2sc(C(=O)Nc3ccc([N+](=O)[O-])cc3Br)c(Cl)c2c1. The monoisotopic (exact) mass is 440 g/mol. The Labute approximate surface area is 159 Å². The number of nitrogens with zero attached hydrogens (tertiary/aromatic N) is 1. The summed E-state index contributed by atoms with van der Waals surface area (Å²) < 4.78 is 6.44. The molecule has 6 nitrogen and oxygen atoms in total. The molecule has 0 saturated carbocycles. The number of non-ortho nitro benzene ring substituents is 1. The maximum Gasteiger partial charge on any atom is 0.270 e. The van der Waals surface area contributed by atoms with Crippen molar-refractivity contribution in [2.45, 2.75) is 0 Å². The average molecular weight is 442 g/mol. The van der Waals surface area contributed by atoms with E-state index in [4.69, 9.17) is 16.3 Å². The number of methoxy groups -OCH3 is 1. The molecule has 1 N–H and O–H groups in total. The first-order chi connectivity index (χ1) is 11.9. The minimum absolute atomic E-state index is 0.0723. The maximum atomic E-state index is 12.6. The highest BCUT2D eigenvalue weighted by Gasteiger charge is 2.19. The number of carbonyl (C=O) groups excluding carboxylic acids is 1. The van der Waals surface area contributed by atoms with Gasteiger partial charge < -0.3 is 10.1 Å². The Morgan fingerprint density at radius 3 is 2.72 bits per heavy atom. The van der Waals surface area contributed by atoms with Crippen molar-refractivity contribution in [3.8, 4) is 5.75 Å². The lowest BCUT2D eigenvalue weighted by atomic mass is 10.2. The Bertz CT molecular complexity index is 1010. The fourth-order valence-corrected chi connectivity index (χ4v) is 4.07. The summed E-state index contributed by atoms with van der Waals surface area (Å²) in [5.74, 6) is 0.261. The molecular formula is C16H10BrClN2O4S. The van der Waals surface area contributed by atoms with E-state index < -0.39 is 4.92 Å². The summed E-state index contributed by atoms with van der Waals surface area (Å²) in [6.45, 7) is 0. The van der Waals surface area contributed by atoms with Crippen LogP contribution in [0.25, 0.3) is 10.1 Å². The summed E-state index contributed by atoms with van der Waals surface area (Å²) >= 11 is 10.8. The number of fused-ring (bicyclic) bond motifs is 1. The van der Waals surface area contributed by atoms with Crippen LogP contribution >= 0.6 is 38.9 Å². The quantitative estimate of drug-likeness (QED) is 0.429. The van der Waals surface area contributed by atoms with E-state index in [1.807, 2.05) is 6.07 Å². The van der Waals surface area contributed by atoms with Crippen LogP contribution < -0.4 is 10.1 Å². The van der Waals surface area contributed by atoms with Crippen LogP contribution in [0.3, 0.4) is 0 Å². The molecule has 0 aliphatic rings. The average Bonchev–Trinajstić information content (AvgIpc) is 2.92. The third-order valence-corrected chi connectivity index (χ3v) is 5.78. The first-order valence-electron chi connectivity index (χ1n) is 6.92. The summed E-state index contributed by atoms with van der Waals surface area (Å²) in [6.07, 6.45) is 0. The Kier molecular flexibility index (Phi) is 4.94. The van der Waals surface area contributed by atoms with Gasteiger partial charge in [0.1, 0.15) is 10.6 Å². The van der Waals surface area contributed by atoms with Crippen molar-refractivity contribution in [2.24, 2.45) is 0 Å². The van der Waals surface area contributed by atoms with Gasteiger partial charge in [-0.2, -0.15) is 0 Å². The number of nitrogens with one attached hydrogen (secondary N) is 1. The Hall–Kier alpha value is -2.16. The molecule has 0 atom stereocenters. The van der Waals surface area contributed by atoms with Gasteiger partial charge in [-0.15, -0.1) is 11.3 Å². The van der Waals surface area contributed by atoms with Gasteiger partial charge in [0.25, 0.3) is 11.6 Å². The fraction of sp³-hybridized carbons (Fsp3) is 0.0625. The highest BCUT2D eigenvalue weighted by Crippen LogP contribution is 2.38. The van der Waals surface area contributed by atoms with Crippen LogP contribution in [-0.2, 0) is 0 Å². The molecule has 3 rings (SSSR count). The lowest BCUT2D eigenvalue weighted by molar-refractivity contribution is -0.384. The molecule has 9 heteroatoms. The molecule has 128 valence electrons. The number of amides is 1. The fourth-order valence-electron chi connectivity index (χ4n) is 2.22. The second-order valence-electron chi connectivity index (χ2n) is 4.98. The summed E-state index contributed by atoms with van der Waals surface area (Å²) in [7, 11) is 1.56. The standard InChI is InChI=1S/C16H10BrClN2O4S/c1-24-9-3-5-13-10(7-9)14(18)15(25-13)16(21)19-12-4-2-8(20(22)23)6-11(12)17/h2-7H,1H3,(H,19,21). The number of hydrogen-bond acceptors (Lipinski definition) is 5. The molecule has 2 aromatic carbocycles. The molecule has 0 spiro atoms. The van der Waals surface area contributed by atoms with Gasteiger partial charge >= 0.3 is 0 Å². The van der Waals surface area contributed by atoms with E-state index in [-0.39, 0.29) is 11.6 Å². The van der Waals surface area contributed by atoms with Crippen molar-refractivity contribution in [1.82, 2.24) is 0 Å². The normalized spacial score (nSPS) is 10.7. The molecule has 1 aromatic heterocycles. The molecule has 0 saturated heterocycles. The molecule has 0 radical (unpaired) electrons. The molecule has 0 fully saturated rings. The zero-order valence-corrected chi connectivity index (χ0v) is 15.9. The van der Waals surface area contributed by atoms with Gasteiger partial charge in [0.05, 0.1) is 22.7 Å². The number of nitro groups is 1. The predicted octanol–water partition coefficient (Wildman–Crippen LogP) is 5.49.